The molecule has 0 fully saturated rings. The first kappa shape index (κ1) is 9.68. The van der Waals surface area contributed by atoms with Crippen molar-refractivity contribution in [1.82, 2.24) is 9.78 Å². The van der Waals surface area contributed by atoms with Gasteiger partial charge in [-0.2, -0.15) is 5.10 Å². The lowest BCUT2D eigenvalue weighted by atomic mass is 10.1. The number of hydrogen-bond acceptors (Lipinski definition) is 3. The molecule has 0 aliphatic carbocycles. The Bertz CT molecular complexity index is 331. The maximum atomic E-state index is 9.30. The fourth-order valence-electron chi connectivity index (χ4n) is 1.86. The number of ether oxygens (including phenoxy) is 1. The molecule has 0 saturated carbocycles. The number of aliphatic hydroxyl groups is 1. The van der Waals surface area contributed by atoms with Gasteiger partial charge in [-0.05, 0) is 13.8 Å². The van der Waals surface area contributed by atoms with E-state index < -0.39 is 0 Å². The SMILES string of the molecule is CC(C)n1nc2c(c1CO)COCC2. The van der Waals surface area contributed by atoms with Crippen molar-refractivity contribution in [3.63, 3.8) is 0 Å². The van der Waals surface area contributed by atoms with Crippen LogP contribution in [0, 0.1) is 0 Å². The van der Waals surface area contributed by atoms with Crippen molar-refractivity contribution in [2.75, 3.05) is 6.61 Å². The van der Waals surface area contributed by atoms with Gasteiger partial charge in [-0.15, -0.1) is 0 Å². The Morgan fingerprint density at radius 1 is 1.57 bits per heavy atom. The summed E-state index contributed by atoms with van der Waals surface area (Å²) in [6.45, 7) is 5.52. The summed E-state index contributed by atoms with van der Waals surface area (Å²) in [5.41, 5.74) is 3.09. The molecule has 2 heterocycles. The van der Waals surface area contributed by atoms with Gasteiger partial charge in [0.15, 0.2) is 0 Å². The predicted molar refractivity (Wildman–Crippen MR) is 51.9 cm³/mol. The molecule has 0 amide bonds. The van der Waals surface area contributed by atoms with E-state index in [0.717, 1.165) is 30.0 Å². The van der Waals surface area contributed by atoms with Crippen LogP contribution in [0.4, 0.5) is 0 Å². The van der Waals surface area contributed by atoms with Gasteiger partial charge in [-0.1, -0.05) is 0 Å². The minimum absolute atomic E-state index is 0.0455. The molecule has 2 rings (SSSR count). The van der Waals surface area contributed by atoms with Crippen molar-refractivity contribution in [2.45, 2.75) is 39.5 Å². The van der Waals surface area contributed by atoms with Crippen LogP contribution in [0.2, 0.25) is 0 Å². The normalized spacial score (nSPS) is 16.0. The fourth-order valence-corrected chi connectivity index (χ4v) is 1.86. The maximum Gasteiger partial charge on any atom is 0.0853 e. The van der Waals surface area contributed by atoms with E-state index in [1.807, 2.05) is 4.68 Å². The Morgan fingerprint density at radius 3 is 3.00 bits per heavy atom. The van der Waals surface area contributed by atoms with Gasteiger partial charge < -0.3 is 9.84 Å². The molecule has 0 unspecified atom stereocenters. The monoisotopic (exact) mass is 196 g/mol. The van der Waals surface area contributed by atoms with Crippen LogP contribution in [0.3, 0.4) is 0 Å². The standard InChI is InChI=1S/C10H16N2O2/c1-7(2)12-10(5-13)8-6-14-4-3-9(8)11-12/h7,13H,3-6H2,1-2H3. The molecule has 1 aliphatic rings. The summed E-state index contributed by atoms with van der Waals surface area (Å²) in [6, 6.07) is 0.294. The van der Waals surface area contributed by atoms with Gasteiger partial charge in [-0.25, -0.2) is 0 Å². The largest absolute Gasteiger partial charge is 0.390 e. The fraction of sp³-hybridized carbons (Fsp3) is 0.700. The number of aliphatic hydroxyl groups excluding tert-OH is 1. The first-order valence-corrected chi connectivity index (χ1v) is 5.01. The smallest absolute Gasteiger partial charge is 0.0853 e. The van der Waals surface area contributed by atoms with Crippen LogP contribution in [0.1, 0.15) is 36.8 Å². The lowest BCUT2D eigenvalue weighted by molar-refractivity contribution is 0.108. The number of fused-ring (bicyclic) bond motifs is 1. The molecule has 0 aromatic carbocycles. The third-order valence-electron chi connectivity index (χ3n) is 2.57. The lowest BCUT2D eigenvalue weighted by Crippen LogP contribution is -2.10. The Labute approximate surface area is 83.5 Å². The van der Waals surface area contributed by atoms with Gasteiger partial charge in [0.1, 0.15) is 0 Å². The molecule has 0 bridgehead atoms. The number of aromatic nitrogens is 2. The first-order chi connectivity index (χ1) is 6.74. The van der Waals surface area contributed by atoms with Gasteiger partial charge in [0, 0.05) is 18.0 Å². The van der Waals surface area contributed by atoms with Crippen molar-refractivity contribution < 1.29 is 9.84 Å². The Balaban J connectivity index is 2.46. The Hall–Kier alpha value is -0.870. The summed E-state index contributed by atoms with van der Waals surface area (Å²) in [4.78, 5) is 0. The van der Waals surface area contributed by atoms with E-state index in [4.69, 9.17) is 4.74 Å². The summed E-state index contributed by atoms with van der Waals surface area (Å²) >= 11 is 0. The van der Waals surface area contributed by atoms with Gasteiger partial charge in [0.2, 0.25) is 0 Å². The zero-order valence-corrected chi connectivity index (χ0v) is 8.66. The third kappa shape index (κ3) is 1.44. The van der Waals surface area contributed by atoms with E-state index >= 15 is 0 Å². The van der Waals surface area contributed by atoms with Crippen molar-refractivity contribution in [3.8, 4) is 0 Å². The summed E-state index contributed by atoms with van der Waals surface area (Å²) in [5.74, 6) is 0. The highest BCUT2D eigenvalue weighted by Crippen LogP contribution is 2.22. The summed E-state index contributed by atoms with van der Waals surface area (Å²) in [7, 11) is 0. The van der Waals surface area contributed by atoms with E-state index in [1.54, 1.807) is 0 Å². The van der Waals surface area contributed by atoms with E-state index in [0.29, 0.717) is 12.6 Å². The second kappa shape index (κ2) is 3.71. The molecule has 4 heteroatoms. The molecule has 4 nitrogen and oxygen atoms in total. The minimum Gasteiger partial charge on any atom is -0.390 e. The molecule has 0 atom stereocenters. The van der Waals surface area contributed by atoms with E-state index in [1.165, 1.54) is 0 Å². The number of rotatable bonds is 2. The van der Waals surface area contributed by atoms with Gasteiger partial charge in [0.05, 0.1) is 31.2 Å². The van der Waals surface area contributed by atoms with Gasteiger partial charge >= 0.3 is 0 Å². The van der Waals surface area contributed by atoms with Crippen molar-refractivity contribution in [1.29, 1.82) is 0 Å². The average molecular weight is 196 g/mol. The molecule has 1 aromatic rings. The zero-order valence-electron chi connectivity index (χ0n) is 8.66. The number of hydrogen-bond donors (Lipinski definition) is 1. The summed E-state index contributed by atoms with van der Waals surface area (Å²) in [5, 5.41) is 13.8. The number of nitrogens with zero attached hydrogens (tertiary/aromatic N) is 2. The highest BCUT2D eigenvalue weighted by molar-refractivity contribution is 5.27. The average Bonchev–Trinajstić information content (AvgIpc) is 2.56. The van der Waals surface area contributed by atoms with Crippen LogP contribution in [0.25, 0.3) is 0 Å². The molecule has 0 spiro atoms. The van der Waals surface area contributed by atoms with Gasteiger partial charge in [-0.3, -0.25) is 4.68 Å². The molecule has 14 heavy (non-hydrogen) atoms. The highest BCUT2D eigenvalue weighted by Gasteiger charge is 2.21. The van der Waals surface area contributed by atoms with Crippen LogP contribution in [-0.2, 0) is 24.4 Å². The van der Waals surface area contributed by atoms with Crippen LogP contribution in [0.15, 0.2) is 0 Å². The van der Waals surface area contributed by atoms with Crippen LogP contribution in [0.5, 0.6) is 0 Å². The molecular formula is C10H16N2O2. The van der Waals surface area contributed by atoms with E-state index in [2.05, 4.69) is 18.9 Å². The maximum absolute atomic E-state index is 9.30. The van der Waals surface area contributed by atoms with E-state index in [9.17, 15) is 5.11 Å². The quantitative estimate of drug-likeness (QED) is 0.768. The third-order valence-corrected chi connectivity index (χ3v) is 2.57. The molecule has 78 valence electrons. The topological polar surface area (TPSA) is 47.3 Å². The summed E-state index contributed by atoms with van der Waals surface area (Å²) < 4.78 is 7.27. The van der Waals surface area contributed by atoms with Crippen molar-refractivity contribution in [2.24, 2.45) is 0 Å². The van der Waals surface area contributed by atoms with Crippen LogP contribution < -0.4 is 0 Å². The van der Waals surface area contributed by atoms with E-state index in [-0.39, 0.29) is 6.61 Å². The molecule has 1 aliphatic heterocycles. The summed E-state index contributed by atoms with van der Waals surface area (Å²) in [6.07, 6.45) is 0.863. The molecular weight excluding hydrogens is 180 g/mol. The Morgan fingerprint density at radius 2 is 2.36 bits per heavy atom. The lowest BCUT2D eigenvalue weighted by Gasteiger charge is -2.12. The van der Waals surface area contributed by atoms with Crippen LogP contribution >= 0.6 is 0 Å². The highest BCUT2D eigenvalue weighted by atomic mass is 16.5. The minimum atomic E-state index is 0.0455. The van der Waals surface area contributed by atoms with Crippen molar-refractivity contribution >= 4 is 0 Å². The zero-order chi connectivity index (χ0) is 10.1. The van der Waals surface area contributed by atoms with Crippen molar-refractivity contribution in [3.05, 3.63) is 17.0 Å². The second-order valence-corrected chi connectivity index (χ2v) is 3.87. The second-order valence-electron chi connectivity index (χ2n) is 3.87. The van der Waals surface area contributed by atoms with Gasteiger partial charge in [0.25, 0.3) is 0 Å². The molecule has 1 N–H and O–H groups in total. The molecule has 1 aromatic heterocycles. The molecule has 0 radical (unpaired) electrons. The first-order valence-electron chi connectivity index (χ1n) is 5.01. The Kier molecular flexibility index (Phi) is 2.56. The predicted octanol–water partition coefficient (Wildman–Crippen LogP) is 1.03. The van der Waals surface area contributed by atoms with Crippen LogP contribution in [-0.4, -0.2) is 21.5 Å². The molecule has 0 saturated heterocycles.